The molecule has 0 aliphatic carbocycles. The number of nitrogens with one attached hydrogen (secondary N) is 1. The summed E-state index contributed by atoms with van der Waals surface area (Å²) < 4.78 is 15.1. The number of amides is 1. The number of carbonyl (C=O) groups excluding carboxylic acids is 2. The van der Waals surface area contributed by atoms with E-state index in [1.165, 1.54) is 0 Å². The zero-order chi connectivity index (χ0) is 12.4. The Morgan fingerprint density at radius 2 is 1.75 bits per heavy atom. The normalized spacial score (nSPS) is 11.2. The molecule has 1 N–H and O–H groups in total. The molecule has 0 radical (unpaired) electrons. The van der Waals surface area contributed by atoms with Gasteiger partial charge in [0.2, 0.25) is 12.2 Å². The highest BCUT2D eigenvalue weighted by Gasteiger charge is 2.33. The van der Waals surface area contributed by atoms with Crippen LogP contribution in [-0.4, -0.2) is 44.5 Å². The molecular weight excluding hydrogens is 214 g/mol. The first-order valence-electron chi connectivity index (χ1n) is 5.27. The van der Waals surface area contributed by atoms with E-state index in [-0.39, 0.29) is 19.8 Å². The maximum Gasteiger partial charge on any atom is 0.311 e. The molecule has 0 rings (SSSR count). The van der Waals surface area contributed by atoms with Gasteiger partial charge in [0.25, 0.3) is 0 Å². The van der Waals surface area contributed by atoms with Gasteiger partial charge >= 0.3 is 5.91 Å². The van der Waals surface area contributed by atoms with E-state index in [1.54, 1.807) is 20.8 Å². The van der Waals surface area contributed by atoms with Gasteiger partial charge in [0.1, 0.15) is 6.61 Å². The third-order valence-corrected chi connectivity index (χ3v) is 1.62. The molecule has 6 heteroatoms. The maximum atomic E-state index is 11.4. The van der Waals surface area contributed by atoms with E-state index in [9.17, 15) is 9.59 Å². The molecule has 94 valence electrons. The summed E-state index contributed by atoms with van der Waals surface area (Å²) in [6.07, 6.45) is 0.420. The molecule has 0 saturated carbocycles. The minimum Gasteiger partial charge on any atom is -0.372 e. The molecule has 0 aliphatic heterocycles. The molecule has 0 aromatic rings. The fourth-order valence-corrected chi connectivity index (χ4v) is 1.07. The highest BCUT2D eigenvalue weighted by Crippen LogP contribution is 2.06. The largest absolute Gasteiger partial charge is 0.372 e. The molecular formula is C10H19NO5. The van der Waals surface area contributed by atoms with Gasteiger partial charge in [0.15, 0.2) is 0 Å². The number of rotatable bonds is 9. The average molecular weight is 233 g/mol. The Morgan fingerprint density at radius 1 is 1.19 bits per heavy atom. The van der Waals surface area contributed by atoms with E-state index in [2.05, 4.69) is 5.32 Å². The molecule has 0 saturated heterocycles. The molecule has 0 aromatic carbocycles. The monoisotopic (exact) mass is 233 g/mol. The summed E-state index contributed by atoms with van der Waals surface area (Å²) in [5, 5.41) is 2.34. The first-order chi connectivity index (χ1) is 7.64. The van der Waals surface area contributed by atoms with Gasteiger partial charge < -0.3 is 14.2 Å². The average Bonchev–Trinajstić information content (AvgIpc) is 2.27. The van der Waals surface area contributed by atoms with E-state index in [1.807, 2.05) is 0 Å². The second-order valence-electron chi connectivity index (χ2n) is 2.84. The lowest BCUT2D eigenvalue weighted by molar-refractivity contribution is -0.230. The van der Waals surface area contributed by atoms with Gasteiger partial charge in [-0.3, -0.25) is 14.9 Å². The lowest BCUT2D eigenvalue weighted by atomic mass is 10.4. The smallest absolute Gasteiger partial charge is 0.311 e. The Morgan fingerprint density at radius 3 is 2.12 bits per heavy atom. The Labute approximate surface area is 95.2 Å². The highest BCUT2D eigenvalue weighted by atomic mass is 16.7. The fraction of sp³-hybridized carbons (Fsp3) is 0.800. The summed E-state index contributed by atoms with van der Waals surface area (Å²) in [6, 6.07) is 0. The molecule has 0 spiro atoms. The van der Waals surface area contributed by atoms with Crippen LogP contribution in [0.2, 0.25) is 0 Å². The van der Waals surface area contributed by atoms with Crippen LogP contribution in [0.4, 0.5) is 0 Å². The van der Waals surface area contributed by atoms with Crippen LogP contribution in [0, 0.1) is 0 Å². The number of ether oxygens (including phenoxy) is 3. The quantitative estimate of drug-likeness (QED) is 0.450. The maximum absolute atomic E-state index is 11.4. The van der Waals surface area contributed by atoms with Gasteiger partial charge in [0, 0.05) is 19.8 Å². The van der Waals surface area contributed by atoms with Crippen LogP contribution in [0.1, 0.15) is 20.8 Å². The Bertz CT molecular complexity index is 213. The third kappa shape index (κ3) is 5.20. The van der Waals surface area contributed by atoms with Crippen molar-refractivity contribution in [3.8, 4) is 0 Å². The van der Waals surface area contributed by atoms with Gasteiger partial charge in [-0.15, -0.1) is 0 Å². The molecule has 0 aliphatic rings. The Hall–Kier alpha value is -0.980. The predicted octanol–water partition coefficient (Wildman–Crippen LogP) is 0.0648. The minimum absolute atomic E-state index is 0.133. The van der Waals surface area contributed by atoms with Crippen LogP contribution in [0.3, 0.4) is 0 Å². The predicted molar refractivity (Wildman–Crippen MR) is 56.7 cm³/mol. The van der Waals surface area contributed by atoms with Crippen molar-refractivity contribution in [2.24, 2.45) is 0 Å². The fourth-order valence-electron chi connectivity index (χ4n) is 1.07. The van der Waals surface area contributed by atoms with Gasteiger partial charge in [-0.25, -0.2) is 0 Å². The van der Waals surface area contributed by atoms with E-state index in [0.29, 0.717) is 12.9 Å². The number of carbonyl (C=O) groups is 2. The zero-order valence-electron chi connectivity index (χ0n) is 9.95. The van der Waals surface area contributed by atoms with Crippen molar-refractivity contribution in [1.82, 2.24) is 5.32 Å². The van der Waals surface area contributed by atoms with E-state index >= 15 is 0 Å². The van der Waals surface area contributed by atoms with Gasteiger partial charge in [-0.2, -0.15) is 0 Å². The molecule has 16 heavy (non-hydrogen) atoms. The minimum atomic E-state index is -1.70. The summed E-state index contributed by atoms with van der Waals surface area (Å²) in [5.41, 5.74) is 0. The summed E-state index contributed by atoms with van der Waals surface area (Å²) in [4.78, 5) is 22.3. The SMILES string of the molecule is CCOCC(=O)NC(C=O)(OCC)OCC. The van der Waals surface area contributed by atoms with Crippen molar-refractivity contribution in [3.05, 3.63) is 0 Å². The van der Waals surface area contributed by atoms with Gasteiger partial charge in [-0.1, -0.05) is 0 Å². The molecule has 0 bridgehead atoms. The molecule has 0 unspecified atom stereocenters. The second kappa shape index (κ2) is 8.20. The van der Waals surface area contributed by atoms with Crippen LogP contribution >= 0.6 is 0 Å². The Kier molecular flexibility index (Phi) is 7.70. The molecule has 0 atom stereocenters. The van der Waals surface area contributed by atoms with Crippen molar-refractivity contribution < 1.29 is 23.8 Å². The first-order valence-corrected chi connectivity index (χ1v) is 5.27. The number of hydrogen-bond acceptors (Lipinski definition) is 5. The van der Waals surface area contributed by atoms with Crippen molar-refractivity contribution >= 4 is 12.2 Å². The molecule has 0 heterocycles. The van der Waals surface area contributed by atoms with Crippen LogP contribution in [0.15, 0.2) is 0 Å². The van der Waals surface area contributed by atoms with Crippen LogP contribution in [0.25, 0.3) is 0 Å². The van der Waals surface area contributed by atoms with Crippen LogP contribution < -0.4 is 5.32 Å². The second-order valence-corrected chi connectivity index (χ2v) is 2.84. The Balaban J connectivity index is 4.38. The van der Waals surface area contributed by atoms with Crippen LogP contribution in [0.5, 0.6) is 0 Å². The summed E-state index contributed by atoms with van der Waals surface area (Å²) in [5.74, 6) is -2.16. The van der Waals surface area contributed by atoms with Gasteiger partial charge in [0.05, 0.1) is 0 Å². The molecule has 1 amide bonds. The third-order valence-electron chi connectivity index (χ3n) is 1.62. The van der Waals surface area contributed by atoms with E-state index in [0.717, 1.165) is 0 Å². The number of hydrogen-bond donors (Lipinski definition) is 1. The first kappa shape index (κ1) is 15.0. The standard InChI is InChI=1S/C10H19NO5/c1-4-14-7-9(13)11-10(8-12,15-5-2)16-6-3/h8H,4-7H2,1-3H3,(H,11,13). The zero-order valence-corrected chi connectivity index (χ0v) is 9.95. The van der Waals surface area contributed by atoms with Gasteiger partial charge in [-0.05, 0) is 20.8 Å². The topological polar surface area (TPSA) is 73.9 Å². The van der Waals surface area contributed by atoms with E-state index in [4.69, 9.17) is 14.2 Å². The lowest BCUT2D eigenvalue weighted by Gasteiger charge is -2.27. The lowest BCUT2D eigenvalue weighted by Crippen LogP contribution is -2.55. The molecule has 0 aromatic heterocycles. The van der Waals surface area contributed by atoms with Crippen molar-refractivity contribution in [2.45, 2.75) is 26.7 Å². The summed E-state index contributed by atoms with van der Waals surface area (Å²) in [7, 11) is 0. The summed E-state index contributed by atoms with van der Waals surface area (Å²) in [6.45, 7) is 5.95. The number of aldehydes is 1. The van der Waals surface area contributed by atoms with E-state index < -0.39 is 11.8 Å². The van der Waals surface area contributed by atoms with Crippen LogP contribution in [-0.2, 0) is 23.8 Å². The molecule has 6 nitrogen and oxygen atoms in total. The molecule has 0 fully saturated rings. The van der Waals surface area contributed by atoms with Crippen molar-refractivity contribution in [3.63, 3.8) is 0 Å². The highest BCUT2D eigenvalue weighted by molar-refractivity contribution is 5.81. The van der Waals surface area contributed by atoms with Crippen molar-refractivity contribution in [1.29, 1.82) is 0 Å². The van der Waals surface area contributed by atoms with Crippen molar-refractivity contribution in [2.75, 3.05) is 26.4 Å². The summed E-state index contributed by atoms with van der Waals surface area (Å²) >= 11 is 0.